The van der Waals surface area contributed by atoms with Gasteiger partial charge >= 0.3 is 0 Å². The first-order valence-corrected chi connectivity index (χ1v) is 8.12. The Bertz CT molecular complexity index is 734. The van der Waals surface area contributed by atoms with Crippen LogP contribution >= 0.6 is 0 Å². The van der Waals surface area contributed by atoms with Crippen LogP contribution in [0.25, 0.3) is 0 Å². The van der Waals surface area contributed by atoms with Crippen LogP contribution in [-0.4, -0.2) is 46.3 Å². The smallest absolute Gasteiger partial charge is 0.230 e. The molecule has 0 saturated carbocycles. The van der Waals surface area contributed by atoms with Gasteiger partial charge in [0, 0.05) is 37.8 Å². The van der Waals surface area contributed by atoms with Crippen LogP contribution in [0.5, 0.6) is 0 Å². The van der Waals surface area contributed by atoms with Crippen LogP contribution in [0, 0.1) is 11.3 Å². The summed E-state index contributed by atoms with van der Waals surface area (Å²) in [6.07, 6.45) is 1.69. The minimum atomic E-state index is -0.124. The fourth-order valence-electron chi connectivity index (χ4n) is 2.61. The van der Waals surface area contributed by atoms with Gasteiger partial charge in [0.25, 0.3) is 0 Å². The Morgan fingerprint density at radius 2 is 1.96 bits per heavy atom. The van der Waals surface area contributed by atoms with Gasteiger partial charge in [0.15, 0.2) is 0 Å². The van der Waals surface area contributed by atoms with Crippen molar-refractivity contribution in [3.8, 4) is 6.07 Å². The lowest BCUT2D eigenvalue weighted by Crippen LogP contribution is -2.46. The second kappa shape index (κ2) is 6.57. The van der Waals surface area contributed by atoms with Gasteiger partial charge in [0.2, 0.25) is 11.8 Å². The normalized spacial score (nSPS) is 16.2. The first-order valence-electron chi connectivity index (χ1n) is 8.12. The number of pyridine rings is 1. The van der Waals surface area contributed by atoms with Gasteiger partial charge in [-0.3, -0.25) is 4.90 Å². The van der Waals surface area contributed by atoms with Crippen LogP contribution in [0.2, 0.25) is 0 Å². The number of nitrogens with zero attached hydrogens (tertiary/aromatic N) is 6. The summed E-state index contributed by atoms with van der Waals surface area (Å²) in [5.74, 6) is 2.20. The van der Waals surface area contributed by atoms with Crippen LogP contribution in [0.4, 0.5) is 5.82 Å². The molecule has 0 spiro atoms. The summed E-state index contributed by atoms with van der Waals surface area (Å²) in [4.78, 5) is 8.86. The summed E-state index contributed by atoms with van der Waals surface area (Å²) in [6, 6.07) is 5.72. The molecule has 1 aliphatic rings. The van der Waals surface area contributed by atoms with Crippen molar-refractivity contribution in [2.75, 3.05) is 31.1 Å². The molecule has 7 nitrogen and oxygen atoms in total. The number of hydrogen-bond donors (Lipinski definition) is 0. The molecule has 2 aromatic rings. The highest BCUT2D eigenvalue weighted by Gasteiger charge is 2.24. The van der Waals surface area contributed by atoms with E-state index in [0.29, 0.717) is 23.9 Å². The third-order valence-corrected chi connectivity index (χ3v) is 4.04. The molecule has 0 aromatic carbocycles. The molecular formula is C17H22N6O. The zero-order valence-electron chi connectivity index (χ0n) is 14.4. The van der Waals surface area contributed by atoms with Gasteiger partial charge in [-0.2, -0.15) is 5.26 Å². The van der Waals surface area contributed by atoms with Crippen molar-refractivity contribution in [2.24, 2.45) is 0 Å². The van der Waals surface area contributed by atoms with Crippen molar-refractivity contribution in [3.05, 3.63) is 35.7 Å². The van der Waals surface area contributed by atoms with Gasteiger partial charge in [0.1, 0.15) is 5.82 Å². The SMILES string of the molecule is CC(C)(C)c1nnc(CN2CCN(c3cc(C#N)ccn3)CC2)o1. The van der Waals surface area contributed by atoms with Gasteiger partial charge in [-0.15, -0.1) is 10.2 Å². The van der Waals surface area contributed by atoms with Gasteiger partial charge in [0.05, 0.1) is 18.2 Å². The molecule has 1 fully saturated rings. The minimum absolute atomic E-state index is 0.124. The molecule has 3 heterocycles. The summed E-state index contributed by atoms with van der Waals surface area (Å²) < 4.78 is 5.77. The van der Waals surface area contributed by atoms with E-state index in [9.17, 15) is 0 Å². The topological polar surface area (TPSA) is 82.1 Å². The molecule has 0 atom stereocenters. The van der Waals surface area contributed by atoms with E-state index in [-0.39, 0.29) is 5.41 Å². The highest BCUT2D eigenvalue weighted by Crippen LogP contribution is 2.21. The Morgan fingerprint density at radius 1 is 1.21 bits per heavy atom. The molecule has 0 radical (unpaired) electrons. The average molecular weight is 326 g/mol. The van der Waals surface area contributed by atoms with Crippen LogP contribution in [0.15, 0.2) is 22.7 Å². The Balaban J connectivity index is 1.57. The van der Waals surface area contributed by atoms with Crippen LogP contribution in [0.3, 0.4) is 0 Å². The van der Waals surface area contributed by atoms with E-state index in [1.165, 1.54) is 0 Å². The van der Waals surface area contributed by atoms with E-state index >= 15 is 0 Å². The molecule has 126 valence electrons. The number of nitriles is 1. The Labute approximate surface area is 141 Å². The standard InChI is InChI=1S/C17H22N6O/c1-17(2,3)16-21-20-15(24-16)12-22-6-8-23(9-7-22)14-10-13(11-18)4-5-19-14/h4-5,10H,6-9,12H2,1-3H3. The van der Waals surface area contributed by atoms with E-state index in [2.05, 4.69) is 51.8 Å². The second-order valence-electron chi connectivity index (χ2n) is 7.03. The first-order chi connectivity index (χ1) is 11.5. The monoisotopic (exact) mass is 326 g/mol. The summed E-state index contributed by atoms with van der Waals surface area (Å²) in [6.45, 7) is 10.4. The molecule has 0 unspecified atom stereocenters. The Kier molecular flexibility index (Phi) is 4.49. The van der Waals surface area contributed by atoms with Crippen LogP contribution in [0.1, 0.15) is 38.1 Å². The van der Waals surface area contributed by atoms with Crippen molar-refractivity contribution >= 4 is 5.82 Å². The lowest BCUT2D eigenvalue weighted by atomic mass is 9.97. The number of rotatable bonds is 3. The third-order valence-electron chi connectivity index (χ3n) is 4.04. The summed E-state index contributed by atoms with van der Waals surface area (Å²) in [7, 11) is 0. The molecule has 7 heteroatoms. The summed E-state index contributed by atoms with van der Waals surface area (Å²) in [5, 5.41) is 17.3. The number of anilines is 1. The van der Waals surface area contributed by atoms with Gasteiger partial charge in [-0.1, -0.05) is 20.8 Å². The second-order valence-corrected chi connectivity index (χ2v) is 7.03. The number of hydrogen-bond acceptors (Lipinski definition) is 7. The third kappa shape index (κ3) is 3.71. The molecule has 1 saturated heterocycles. The highest BCUT2D eigenvalue weighted by molar-refractivity contribution is 5.45. The maximum Gasteiger partial charge on any atom is 0.230 e. The molecular weight excluding hydrogens is 304 g/mol. The molecule has 24 heavy (non-hydrogen) atoms. The van der Waals surface area contributed by atoms with Crippen molar-refractivity contribution in [1.29, 1.82) is 5.26 Å². The lowest BCUT2D eigenvalue weighted by Gasteiger charge is -2.34. The van der Waals surface area contributed by atoms with E-state index < -0.39 is 0 Å². The minimum Gasteiger partial charge on any atom is -0.423 e. The fourth-order valence-corrected chi connectivity index (χ4v) is 2.61. The summed E-state index contributed by atoms with van der Waals surface area (Å²) in [5.41, 5.74) is 0.518. The van der Waals surface area contributed by atoms with E-state index in [1.54, 1.807) is 12.3 Å². The van der Waals surface area contributed by atoms with Gasteiger partial charge < -0.3 is 9.32 Å². The Morgan fingerprint density at radius 3 is 2.58 bits per heavy atom. The predicted molar refractivity (Wildman–Crippen MR) is 89.4 cm³/mol. The zero-order chi connectivity index (χ0) is 17.2. The van der Waals surface area contributed by atoms with Crippen molar-refractivity contribution in [2.45, 2.75) is 32.7 Å². The zero-order valence-corrected chi connectivity index (χ0v) is 14.4. The van der Waals surface area contributed by atoms with Crippen molar-refractivity contribution in [3.63, 3.8) is 0 Å². The molecule has 0 aliphatic carbocycles. The van der Waals surface area contributed by atoms with E-state index in [0.717, 1.165) is 32.0 Å². The van der Waals surface area contributed by atoms with E-state index in [4.69, 9.17) is 9.68 Å². The molecule has 0 bridgehead atoms. The maximum absolute atomic E-state index is 9.00. The molecule has 0 N–H and O–H groups in total. The summed E-state index contributed by atoms with van der Waals surface area (Å²) >= 11 is 0. The quantitative estimate of drug-likeness (QED) is 0.852. The molecule has 1 aliphatic heterocycles. The van der Waals surface area contributed by atoms with E-state index in [1.807, 2.05) is 6.07 Å². The highest BCUT2D eigenvalue weighted by atomic mass is 16.4. The maximum atomic E-state index is 9.00. The number of piperazine rings is 1. The van der Waals surface area contributed by atoms with Crippen LogP contribution < -0.4 is 4.90 Å². The van der Waals surface area contributed by atoms with Gasteiger partial charge in [-0.25, -0.2) is 4.98 Å². The van der Waals surface area contributed by atoms with Gasteiger partial charge in [-0.05, 0) is 12.1 Å². The first kappa shape index (κ1) is 16.4. The van der Waals surface area contributed by atoms with Crippen LogP contribution in [-0.2, 0) is 12.0 Å². The molecule has 0 amide bonds. The Hall–Kier alpha value is -2.46. The van der Waals surface area contributed by atoms with Crippen molar-refractivity contribution < 1.29 is 4.42 Å². The predicted octanol–water partition coefficient (Wildman–Crippen LogP) is 1.96. The molecule has 2 aromatic heterocycles. The molecule has 3 rings (SSSR count). The van der Waals surface area contributed by atoms with Crippen molar-refractivity contribution in [1.82, 2.24) is 20.1 Å². The number of aromatic nitrogens is 3. The lowest BCUT2D eigenvalue weighted by molar-refractivity contribution is 0.220. The largest absolute Gasteiger partial charge is 0.423 e. The average Bonchev–Trinajstić information content (AvgIpc) is 3.04. The fraction of sp³-hybridized carbons (Fsp3) is 0.529.